The molecule has 2 aromatic carbocycles. The molecule has 0 atom stereocenters. The van der Waals surface area contributed by atoms with Crippen molar-refractivity contribution in [3.63, 3.8) is 0 Å². The van der Waals surface area contributed by atoms with Crippen molar-refractivity contribution < 1.29 is 0 Å². The fourth-order valence-electron chi connectivity index (χ4n) is 1.99. The maximum atomic E-state index is 3.23. The summed E-state index contributed by atoms with van der Waals surface area (Å²) in [4.78, 5) is 3.23. The van der Waals surface area contributed by atoms with Crippen LogP contribution in [-0.2, 0) is 0 Å². The summed E-state index contributed by atoms with van der Waals surface area (Å²) in [6.07, 6.45) is 1.99. The van der Waals surface area contributed by atoms with E-state index in [1.165, 1.54) is 27.2 Å². The third-order valence-corrected chi connectivity index (χ3v) is 2.71. The number of hydrogen-bond donors (Lipinski definition) is 1. The average Bonchev–Trinajstić information content (AvgIpc) is 2.65. The van der Waals surface area contributed by atoms with Crippen molar-refractivity contribution in [3.05, 3.63) is 48.2 Å². The Labute approximate surface area is 82.4 Å². The van der Waals surface area contributed by atoms with Crippen LogP contribution in [0.25, 0.3) is 21.7 Å². The fourth-order valence-corrected chi connectivity index (χ4v) is 1.99. The van der Waals surface area contributed by atoms with Gasteiger partial charge in [-0.15, -0.1) is 0 Å². The number of fused-ring (bicyclic) bond motifs is 3. The second-order valence-electron chi connectivity index (χ2n) is 3.73. The van der Waals surface area contributed by atoms with Crippen LogP contribution in [0.4, 0.5) is 0 Å². The van der Waals surface area contributed by atoms with Gasteiger partial charge in [-0.2, -0.15) is 0 Å². The van der Waals surface area contributed by atoms with Gasteiger partial charge in [0.05, 0.1) is 0 Å². The highest BCUT2D eigenvalue weighted by molar-refractivity contribution is 6.06. The smallest absolute Gasteiger partial charge is 0.0460 e. The van der Waals surface area contributed by atoms with Gasteiger partial charge in [0.25, 0.3) is 0 Å². The first kappa shape index (κ1) is 7.63. The highest BCUT2D eigenvalue weighted by Gasteiger charge is 2.00. The Hall–Kier alpha value is -1.76. The van der Waals surface area contributed by atoms with Crippen LogP contribution in [0.15, 0.2) is 42.6 Å². The van der Waals surface area contributed by atoms with Gasteiger partial charge in [0.2, 0.25) is 0 Å². The molecule has 0 aliphatic carbocycles. The molecule has 0 aliphatic rings. The number of rotatable bonds is 0. The van der Waals surface area contributed by atoms with Gasteiger partial charge in [0, 0.05) is 17.1 Å². The summed E-state index contributed by atoms with van der Waals surface area (Å²) in [5.41, 5.74) is 2.52. The molecule has 0 amide bonds. The summed E-state index contributed by atoms with van der Waals surface area (Å²) in [5, 5.41) is 3.95. The first-order chi connectivity index (χ1) is 6.84. The molecule has 0 unspecified atom stereocenters. The Balaban J connectivity index is 2.57. The van der Waals surface area contributed by atoms with E-state index in [1.807, 2.05) is 6.20 Å². The van der Waals surface area contributed by atoms with Crippen molar-refractivity contribution in [3.8, 4) is 0 Å². The van der Waals surface area contributed by atoms with E-state index in [9.17, 15) is 0 Å². The van der Waals surface area contributed by atoms with Gasteiger partial charge in [-0.3, -0.25) is 0 Å². The van der Waals surface area contributed by atoms with Gasteiger partial charge < -0.3 is 4.98 Å². The number of benzene rings is 2. The molecule has 0 saturated carbocycles. The lowest BCUT2D eigenvalue weighted by molar-refractivity contribution is 1.48. The normalized spacial score (nSPS) is 11.2. The van der Waals surface area contributed by atoms with Crippen molar-refractivity contribution in [1.29, 1.82) is 0 Å². The number of aryl methyl sites for hydroxylation is 1. The summed E-state index contributed by atoms with van der Waals surface area (Å²) in [7, 11) is 0. The van der Waals surface area contributed by atoms with Gasteiger partial charge in [-0.25, -0.2) is 0 Å². The lowest BCUT2D eigenvalue weighted by atomic mass is 10.0. The van der Waals surface area contributed by atoms with Gasteiger partial charge >= 0.3 is 0 Å². The Morgan fingerprint density at radius 1 is 0.929 bits per heavy atom. The van der Waals surface area contributed by atoms with Crippen LogP contribution in [0.1, 0.15) is 5.56 Å². The maximum absolute atomic E-state index is 3.23. The summed E-state index contributed by atoms with van der Waals surface area (Å²) in [6.45, 7) is 2.13. The largest absolute Gasteiger partial charge is 0.361 e. The zero-order chi connectivity index (χ0) is 9.54. The van der Waals surface area contributed by atoms with E-state index in [0.29, 0.717) is 0 Å². The Kier molecular flexibility index (Phi) is 1.42. The summed E-state index contributed by atoms with van der Waals surface area (Å²) < 4.78 is 0. The molecule has 0 aliphatic heterocycles. The van der Waals surface area contributed by atoms with E-state index in [2.05, 4.69) is 48.3 Å². The molecule has 0 saturated heterocycles. The first-order valence-corrected chi connectivity index (χ1v) is 4.81. The van der Waals surface area contributed by atoms with Crippen LogP contribution in [0.3, 0.4) is 0 Å². The molecule has 0 fully saturated rings. The molecule has 1 aromatic heterocycles. The summed E-state index contributed by atoms with van der Waals surface area (Å²) in [5.74, 6) is 0. The van der Waals surface area contributed by atoms with Crippen molar-refractivity contribution in [1.82, 2.24) is 4.98 Å². The second-order valence-corrected chi connectivity index (χ2v) is 3.73. The minimum Gasteiger partial charge on any atom is -0.361 e. The van der Waals surface area contributed by atoms with Crippen LogP contribution in [0.5, 0.6) is 0 Å². The van der Waals surface area contributed by atoms with Crippen LogP contribution >= 0.6 is 0 Å². The second kappa shape index (κ2) is 2.61. The van der Waals surface area contributed by atoms with Crippen LogP contribution < -0.4 is 0 Å². The zero-order valence-corrected chi connectivity index (χ0v) is 8.04. The molecule has 1 heterocycles. The van der Waals surface area contributed by atoms with Gasteiger partial charge in [0.15, 0.2) is 0 Å². The molecule has 14 heavy (non-hydrogen) atoms. The van der Waals surface area contributed by atoms with E-state index >= 15 is 0 Å². The minimum absolute atomic E-state index is 1.21. The maximum Gasteiger partial charge on any atom is 0.0460 e. The third kappa shape index (κ3) is 0.956. The lowest BCUT2D eigenvalue weighted by Gasteiger charge is -2.00. The zero-order valence-electron chi connectivity index (χ0n) is 8.04. The number of H-pyrrole nitrogens is 1. The number of aromatic amines is 1. The van der Waals surface area contributed by atoms with Gasteiger partial charge in [0.1, 0.15) is 0 Å². The molecule has 1 N–H and O–H groups in total. The SMILES string of the molecule is Cc1ccc2c(ccc3[nH]ccc32)c1. The van der Waals surface area contributed by atoms with Gasteiger partial charge in [-0.05, 0) is 29.8 Å². The quantitative estimate of drug-likeness (QED) is 0.545. The lowest BCUT2D eigenvalue weighted by Crippen LogP contribution is -1.76. The number of aromatic nitrogens is 1. The Morgan fingerprint density at radius 2 is 1.86 bits per heavy atom. The summed E-state index contributed by atoms with van der Waals surface area (Å²) >= 11 is 0. The predicted octanol–water partition coefficient (Wildman–Crippen LogP) is 3.63. The van der Waals surface area contributed by atoms with E-state index in [-0.39, 0.29) is 0 Å². The Morgan fingerprint density at radius 3 is 2.79 bits per heavy atom. The highest BCUT2D eigenvalue weighted by atomic mass is 14.7. The van der Waals surface area contributed by atoms with Gasteiger partial charge in [-0.1, -0.05) is 29.8 Å². The molecular formula is C13H11N. The molecule has 0 radical (unpaired) electrons. The van der Waals surface area contributed by atoms with Crippen LogP contribution in [-0.4, -0.2) is 4.98 Å². The van der Waals surface area contributed by atoms with E-state index in [1.54, 1.807) is 0 Å². The van der Waals surface area contributed by atoms with Crippen molar-refractivity contribution in [2.45, 2.75) is 6.92 Å². The molecule has 68 valence electrons. The molecule has 1 nitrogen and oxygen atoms in total. The molecule has 1 heteroatoms. The highest BCUT2D eigenvalue weighted by Crippen LogP contribution is 2.24. The molecule has 0 spiro atoms. The van der Waals surface area contributed by atoms with E-state index in [4.69, 9.17) is 0 Å². The van der Waals surface area contributed by atoms with Crippen molar-refractivity contribution >= 4 is 21.7 Å². The van der Waals surface area contributed by atoms with Crippen molar-refractivity contribution in [2.24, 2.45) is 0 Å². The molecule has 3 rings (SSSR count). The van der Waals surface area contributed by atoms with Crippen LogP contribution in [0, 0.1) is 6.92 Å². The van der Waals surface area contributed by atoms with E-state index in [0.717, 1.165) is 0 Å². The number of hydrogen-bond acceptors (Lipinski definition) is 0. The molecule has 3 aromatic rings. The monoisotopic (exact) mass is 181 g/mol. The predicted molar refractivity (Wildman–Crippen MR) is 60.5 cm³/mol. The topological polar surface area (TPSA) is 15.8 Å². The number of nitrogens with one attached hydrogen (secondary N) is 1. The Bertz CT molecular complexity index is 605. The molecule has 0 bridgehead atoms. The fraction of sp³-hybridized carbons (Fsp3) is 0.0769. The first-order valence-electron chi connectivity index (χ1n) is 4.81. The standard InChI is InChI=1S/C13H11N/c1-9-2-4-11-10(8-9)3-5-13-12(11)6-7-14-13/h2-8,14H,1H3. The van der Waals surface area contributed by atoms with Crippen molar-refractivity contribution in [2.75, 3.05) is 0 Å². The van der Waals surface area contributed by atoms with E-state index < -0.39 is 0 Å². The molecular weight excluding hydrogens is 170 g/mol. The average molecular weight is 181 g/mol. The third-order valence-electron chi connectivity index (χ3n) is 2.71. The minimum atomic E-state index is 1.21. The van der Waals surface area contributed by atoms with Crippen LogP contribution in [0.2, 0.25) is 0 Å². The summed E-state index contributed by atoms with van der Waals surface area (Å²) in [6, 6.07) is 13.0.